The molecular formula is C28H18Cl2. The van der Waals surface area contributed by atoms with Crippen molar-refractivity contribution in [2.24, 2.45) is 0 Å². The van der Waals surface area contributed by atoms with Crippen LogP contribution < -0.4 is 0 Å². The Morgan fingerprint density at radius 3 is 1.23 bits per heavy atom. The SMILES string of the molecule is Clc1cccc(C2=C(c3ccccc3)C(c3ccccc3)=C2c2ccccc2)c1Cl. The first kappa shape index (κ1) is 18.9. The summed E-state index contributed by atoms with van der Waals surface area (Å²) in [5.41, 5.74) is 9.26. The van der Waals surface area contributed by atoms with E-state index >= 15 is 0 Å². The summed E-state index contributed by atoms with van der Waals surface area (Å²) < 4.78 is 0. The van der Waals surface area contributed by atoms with Crippen LogP contribution in [0.3, 0.4) is 0 Å². The number of hydrogen-bond acceptors (Lipinski definition) is 0. The topological polar surface area (TPSA) is 0 Å². The fourth-order valence-corrected chi connectivity index (χ4v) is 4.48. The lowest BCUT2D eigenvalue weighted by Gasteiger charge is -2.33. The van der Waals surface area contributed by atoms with Crippen LogP contribution in [0, 0.1) is 0 Å². The molecule has 0 radical (unpaired) electrons. The van der Waals surface area contributed by atoms with Gasteiger partial charge in [0.15, 0.2) is 0 Å². The second-order valence-electron chi connectivity index (χ2n) is 7.20. The van der Waals surface area contributed by atoms with Gasteiger partial charge in [0, 0.05) is 11.1 Å². The third kappa shape index (κ3) is 3.19. The van der Waals surface area contributed by atoms with Gasteiger partial charge in [-0.15, -0.1) is 0 Å². The Balaban J connectivity index is 1.84. The molecule has 0 amide bonds. The van der Waals surface area contributed by atoms with Crippen LogP contribution in [-0.4, -0.2) is 0 Å². The lowest BCUT2D eigenvalue weighted by atomic mass is 9.69. The van der Waals surface area contributed by atoms with E-state index in [9.17, 15) is 0 Å². The van der Waals surface area contributed by atoms with Crippen LogP contribution in [0.1, 0.15) is 22.3 Å². The molecule has 0 spiro atoms. The Kier molecular flexibility index (Phi) is 5.04. The van der Waals surface area contributed by atoms with Gasteiger partial charge in [-0.05, 0) is 39.5 Å². The first-order valence-electron chi connectivity index (χ1n) is 9.85. The maximum atomic E-state index is 6.71. The molecule has 30 heavy (non-hydrogen) atoms. The third-order valence-corrected chi connectivity index (χ3v) is 6.23. The smallest absolute Gasteiger partial charge is 0.0671 e. The molecule has 0 N–H and O–H groups in total. The summed E-state index contributed by atoms with van der Waals surface area (Å²) in [5, 5.41) is 1.15. The van der Waals surface area contributed by atoms with Gasteiger partial charge < -0.3 is 0 Å². The Bertz CT molecular complexity index is 1270. The Morgan fingerprint density at radius 1 is 0.367 bits per heavy atom. The van der Waals surface area contributed by atoms with Crippen molar-refractivity contribution in [1.29, 1.82) is 0 Å². The molecule has 0 fully saturated rings. The maximum Gasteiger partial charge on any atom is 0.0671 e. The molecule has 0 saturated carbocycles. The molecule has 5 rings (SSSR count). The van der Waals surface area contributed by atoms with Gasteiger partial charge in [-0.2, -0.15) is 0 Å². The highest BCUT2D eigenvalue weighted by atomic mass is 35.5. The number of allylic oxidation sites excluding steroid dienone is 4. The van der Waals surface area contributed by atoms with Gasteiger partial charge in [0.25, 0.3) is 0 Å². The van der Waals surface area contributed by atoms with E-state index in [2.05, 4.69) is 78.9 Å². The molecular weight excluding hydrogens is 407 g/mol. The highest BCUT2D eigenvalue weighted by Crippen LogP contribution is 2.57. The maximum absolute atomic E-state index is 6.71. The number of hydrogen-bond donors (Lipinski definition) is 0. The van der Waals surface area contributed by atoms with Crippen LogP contribution in [0.4, 0.5) is 0 Å². The molecule has 0 aliphatic heterocycles. The van der Waals surface area contributed by atoms with E-state index in [4.69, 9.17) is 23.2 Å². The molecule has 0 nitrogen and oxygen atoms in total. The second kappa shape index (κ2) is 7.99. The molecule has 144 valence electrons. The van der Waals surface area contributed by atoms with Crippen molar-refractivity contribution in [2.75, 3.05) is 0 Å². The Morgan fingerprint density at radius 2 is 0.767 bits per heavy atom. The lowest BCUT2D eigenvalue weighted by molar-refractivity contribution is 1.51. The van der Waals surface area contributed by atoms with E-state index in [1.54, 1.807) is 0 Å². The van der Waals surface area contributed by atoms with Gasteiger partial charge in [0.05, 0.1) is 10.0 Å². The van der Waals surface area contributed by atoms with E-state index < -0.39 is 0 Å². The van der Waals surface area contributed by atoms with Crippen molar-refractivity contribution in [2.45, 2.75) is 0 Å². The number of halogens is 2. The molecule has 0 heterocycles. The molecule has 0 saturated heterocycles. The Labute approximate surface area is 186 Å². The predicted molar refractivity (Wildman–Crippen MR) is 129 cm³/mol. The molecule has 1 aliphatic rings. The minimum absolute atomic E-state index is 0.564. The highest BCUT2D eigenvalue weighted by Gasteiger charge is 2.34. The summed E-state index contributed by atoms with van der Waals surface area (Å²) in [5.74, 6) is 0. The fourth-order valence-electron chi connectivity index (χ4n) is 4.08. The molecule has 0 bridgehead atoms. The second-order valence-corrected chi connectivity index (χ2v) is 7.98. The first-order chi connectivity index (χ1) is 14.8. The minimum atomic E-state index is 0.564. The van der Waals surface area contributed by atoms with Crippen molar-refractivity contribution in [3.63, 3.8) is 0 Å². The number of rotatable bonds is 4. The van der Waals surface area contributed by atoms with Gasteiger partial charge in [-0.1, -0.05) is 126 Å². The van der Waals surface area contributed by atoms with Crippen molar-refractivity contribution in [3.05, 3.63) is 141 Å². The Hall–Kier alpha value is -3.06. The molecule has 0 unspecified atom stereocenters. The predicted octanol–water partition coefficient (Wildman–Crippen LogP) is 8.53. The van der Waals surface area contributed by atoms with Gasteiger partial charge in [-0.25, -0.2) is 0 Å². The van der Waals surface area contributed by atoms with Crippen LogP contribution in [0.5, 0.6) is 0 Å². The molecule has 4 aromatic rings. The average molecular weight is 425 g/mol. The van der Waals surface area contributed by atoms with E-state index in [0.717, 1.165) is 11.1 Å². The molecule has 0 aromatic heterocycles. The van der Waals surface area contributed by atoms with Crippen molar-refractivity contribution >= 4 is 45.5 Å². The third-order valence-electron chi connectivity index (χ3n) is 5.41. The van der Waals surface area contributed by atoms with Crippen molar-refractivity contribution < 1.29 is 0 Å². The summed E-state index contributed by atoms with van der Waals surface area (Å²) in [4.78, 5) is 0. The van der Waals surface area contributed by atoms with Gasteiger partial charge in [0.1, 0.15) is 0 Å². The fraction of sp³-hybridized carbons (Fsp3) is 0. The minimum Gasteiger partial charge on any atom is -0.0827 e. The molecule has 0 atom stereocenters. The van der Waals surface area contributed by atoms with Gasteiger partial charge >= 0.3 is 0 Å². The average Bonchev–Trinajstić information content (AvgIpc) is 2.78. The quantitative estimate of drug-likeness (QED) is 0.307. The largest absolute Gasteiger partial charge is 0.0827 e. The van der Waals surface area contributed by atoms with Gasteiger partial charge in [-0.3, -0.25) is 0 Å². The van der Waals surface area contributed by atoms with Crippen LogP contribution in [0.25, 0.3) is 22.3 Å². The van der Waals surface area contributed by atoms with Crippen LogP contribution >= 0.6 is 23.2 Å². The zero-order valence-electron chi connectivity index (χ0n) is 16.1. The zero-order valence-corrected chi connectivity index (χ0v) is 17.7. The van der Waals surface area contributed by atoms with Crippen LogP contribution in [0.15, 0.2) is 109 Å². The zero-order chi connectivity index (χ0) is 20.5. The highest BCUT2D eigenvalue weighted by molar-refractivity contribution is 6.48. The molecule has 2 heteroatoms. The van der Waals surface area contributed by atoms with E-state index in [1.807, 2.05) is 30.3 Å². The first-order valence-corrected chi connectivity index (χ1v) is 10.6. The monoisotopic (exact) mass is 424 g/mol. The molecule has 4 aromatic carbocycles. The lowest BCUT2D eigenvalue weighted by Crippen LogP contribution is -2.10. The summed E-state index contributed by atoms with van der Waals surface area (Å²) in [6.07, 6.45) is 0. The van der Waals surface area contributed by atoms with E-state index in [0.29, 0.717) is 10.0 Å². The summed E-state index contributed by atoms with van der Waals surface area (Å²) in [6.45, 7) is 0. The normalized spacial score (nSPS) is 13.4. The van der Waals surface area contributed by atoms with Crippen molar-refractivity contribution in [1.82, 2.24) is 0 Å². The van der Waals surface area contributed by atoms with Crippen LogP contribution in [0.2, 0.25) is 10.0 Å². The van der Waals surface area contributed by atoms with Crippen molar-refractivity contribution in [3.8, 4) is 0 Å². The van der Waals surface area contributed by atoms with Gasteiger partial charge in [0.2, 0.25) is 0 Å². The molecule has 1 aliphatic carbocycles. The number of benzene rings is 4. The summed E-state index contributed by atoms with van der Waals surface area (Å²) in [7, 11) is 0. The summed E-state index contributed by atoms with van der Waals surface area (Å²) in [6, 6.07) is 37.4. The standard InChI is InChI=1S/C28H18Cl2/c29-23-18-10-17-22(28(23)30)27-25(20-13-6-2-7-14-20)24(19-11-4-1-5-12-19)26(27)21-15-8-3-9-16-21/h1-18H. The van der Waals surface area contributed by atoms with E-state index in [-0.39, 0.29) is 0 Å². The van der Waals surface area contributed by atoms with Crippen LogP contribution in [-0.2, 0) is 0 Å². The van der Waals surface area contributed by atoms with E-state index in [1.165, 1.54) is 33.4 Å². The summed E-state index contributed by atoms with van der Waals surface area (Å²) >= 11 is 13.1.